The molecule has 4 nitrogen and oxygen atoms in total. The van der Waals surface area contributed by atoms with E-state index in [1.54, 1.807) is 43.2 Å². The van der Waals surface area contributed by atoms with Crippen LogP contribution in [0, 0.1) is 0 Å². The summed E-state index contributed by atoms with van der Waals surface area (Å²) in [5.74, 6) is 3.37. The first-order valence-corrected chi connectivity index (χ1v) is 9.10. The molecule has 0 aromatic heterocycles. The highest BCUT2D eigenvalue weighted by Crippen LogP contribution is 2.18. The highest BCUT2D eigenvalue weighted by Gasteiger charge is 1.84. The first-order valence-electron chi connectivity index (χ1n) is 4.12. The third-order valence-corrected chi connectivity index (χ3v) is 4.93. The molecule has 0 saturated heterocycles. The van der Waals surface area contributed by atoms with E-state index in [9.17, 15) is 0 Å². The SMILES string of the molecule is NCCSSCCN.NCSSCN. The minimum absolute atomic E-state index is 0.655. The molecule has 0 unspecified atom stereocenters. The topological polar surface area (TPSA) is 104 Å². The Kier molecular flexibility index (Phi) is 24.9. The van der Waals surface area contributed by atoms with Crippen molar-refractivity contribution in [1.29, 1.82) is 0 Å². The molecule has 0 heterocycles. The number of hydrogen-bond acceptors (Lipinski definition) is 8. The number of hydrogen-bond donors (Lipinski definition) is 4. The van der Waals surface area contributed by atoms with Crippen molar-refractivity contribution in [2.45, 2.75) is 0 Å². The van der Waals surface area contributed by atoms with Crippen LogP contribution in [0.2, 0.25) is 0 Å². The lowest BCUT2D eigenvalue weighted by atomic mass is 10.8. The number of nitrogens with two attached hydrogens (primary N) is 4. The summed E-state index contributed by atoms with van der Waals surface area (Å²) in [5, 5.41) is 0. The molecule has 0 bridgehead atoms. The van der Waals surface area contributed by atoms with Gasteiger partial charge in [-0.1, -0.05) is 43.2 Å². The lowest BCUT2D eigenvalue weighted by molar-refractivity contribution is 1.15. The quantitative estimate of drug-likeness (QED) is 0.288. The van der Waals surface area contributed by atoms with Gasteiger partial charge in [-0.2, -0.15) is 0 Å². The molecule has 0 aliphatic heterocycles. The van der Waals surface area contributed by atoms with E-state index in [-0.39, 0.29) is 0 Å². The highest BCUT2D eigenvalue weighted by atomic mass is 33.1. The van der Waals surface area contributed by atoms with Gasteiger partial charge in [-0.3, -0.25) is 0 Å². The van der Waals surface area contributed by atoms with Gasteiger partial charge >= 0.3 is 0 Å². The van der Waals surface area contributed by atoms with Crippen LogP contribution in [0.25, 0.3) is 0 Å². The van der Waals surface area contributed by atoms with Crippen LogP contribution in [0.3, 0.4) is 0 Å². The molecule has 0 amide bonds. The summed E-state index contributed by atoms with van der Waals surface area (Å²) >= 11 is 0. The smallest absolute Gasteiger partial charge is 0.0498 e. The standard InChI is InChI=1S/C4H12N2S2.C2H8N2S2/c5-1-3-7-8-4-2-6;3-1-5-6-2-4/h1-6H2;1-4H2. The fourth-order valence-corrected chi connectivity index (χ4v) is 2.79. The zero-order chi connectivity index (χ0) is 11.1. The van der Waals surface area contributed by atoms with Gasteiger partial charge in [0.1, 0.15) is 0 Å². The van der Waals surface area contributed by atoms with Crippen molar-refractivity contribution in [2.24, 2.45) is 22.9 Å². The Morgan fingerprint density at radius 1 is 0.571 bits per heavy atom. The molecule has 0 fully saturated rings. The van der Waals surface area contributed by atoms with Gasteiger partial charge in [-0.25, -0.2) is 0 Å². The van der Waals surface area contributed by atoms with Crippen molar-refractivity contribution in [1.82, 2.24) is 0 Å². The third kappa shape index (κ3) is 23.2. The summed E-state index contributed by atoms with van der Waals surface area (Å²) in [6.07, 6.45) is 0. The number of rotatable bonds is 8. The normalized spacial score (nSPS) is 9.43. The Hall–Kier alpha value is 1.24. The van der Waals surface area contributed by atoms with Gasteiger partial charge in [0.25, 0.3) is 0 Å². The predicted molar refractivity (Wildman–Crippen MR) is 76.3 cm³/mol. The average Bonchev–Trinajstić information content (AvgIpc) is 2.22. The lowest BCUT2D eigenvalue weighted by Gasteiger charge is -1.93. The second-order valence-corrected chi connectivity index (χ2v) is 7.04. The molecule has 0 atom stereocenters. The molecule has 0 rings (SSSR count). The first-order chi connectivity index (χ1) is 6.83. The van der Waals surface area contributed by atoms with E-state index in [1.807, 2.05) is 0 Å². The van der Waals surface area contributed by atoms with Gasteiger partial charge in [0.2, 0.25) is 0 Å². The van der Waals surface area contributed by atoms with Crippen LogP contribution in [-0.2, 0) is 0 Å². The molecule has 14 heavy (non-hydrogen) atoms. The largest absolute Gasteiger partial charge is 0.330 e. The van der Waals surface area contributed by atoms with Crippen LogP contribution in [-0.4, -0.2) is 36.3 Å². The maximum atomic E-state index is 5.25. The van der Waals surface area contributed by atoms with Crippen molar-refractivity contribution >= 4 is 43.2 Å². The minimum atomic E-state index is 0.655. The molecule has 8 heteroatoms. The molecular formula is C6H20N4S4. The Labute approximate surface area is 102 Å². The van der Waals surface area contributed by atoms with Gasteiger partial charge in [-0.15, -0.1) is 0 Å². The van der Waals surface area contributed by atoms with Crippen LogP contribution in [0.5, 0.6) is 0 Å². The van der Waals surface area contributed by atoms with E-state index in [2.05, 4.69) is 0 Å². The van der Waals surface area contributed by atoms with Crippen molar-refractivity contribution < 1.29 is 0 Å². The van der Waals surface area contributed by atoms with E-state index in [0.29, 0.717) is 11.8 Å². The monoisotopic (exact) mass is 276 g/mol. The van der Waals surface area contributed by atoms with Crippen molar-refractivity contribution in [3.8, 4) is 0 Å². The summed E-state index contributed by atoms with van der Waals surface area (Å²) < 4.78 is 0. The maximum absolute atomic E-state index is 5.25. The fraction of sp³-hybridized carbons (Fsp3) is 1.00. The highest BCUT2D eigenvalue weighted by molar-refractivity contribution is 8.77. The van der Waals surface area contributed by atoms with Crippen LogP contribution in [0.15, 0.2) is 0 Å². The predicted octanol–water partition coefficient (Wildman–Crippen LogP) is 0.485. The van der Waals surface area contributed by atoms with E-state index in [4.69, 9.17) is 22.9 Å². The van der Waals surface area contributed by atoms with Gasteiger partial charge in [0.05, 0.1) is 0 Å². The second-order valence-electron chi connectivity index (χ2n) is 1.79. The molecule has 0 spiro atoms. The van der Waals surface area contributed by atoms with Crippen molar-refractivity contribution in [3.05, 3.63) is 0 Å². The molecule has 88 valence electrons. The maximum Gasteiger partial charge on any atom is 0.0498 e. The third-order valence-electron chi connectivity index (χ3n) is 0.705. The van der Waals surface area contributed by atoms with Crippen LogP contribution in [0.4, 0.5) is 0 Å². The van der Waals surface area contributed by atoms with Crippen LogP contribution in [0.1, 0.15) is 0 Å². The fourth-order valence-electron chi connectivity index (χ4n) is 0.310. The summed E-state index contributed by atoms with van der Waals surface area (Å²) in [7, 11) is 6.73. The van der Waals surface area contributed by atoms with E-state index in [0.717, 1.165) is 24.6 Å². The Morgan fingerprint density at radius 2 is 0.929 bits per heavy atom. The average molecular weight is 277 g/mol. The summed E-state index contributed by atoms with van der Waals surface area (Å²) in [5.41, 5.74) is 20.7. The molecule has 0 aromatic carbocycles. The lowest BCUT2D eigenvalue weighted by Crippen LogP contribution is -2.02. The van der Waals surface area contributed by atoms with E-state index in [1.165, 1.54) is 0 Å². The molecule has 0 radical (unpaired) electrons. The van der Waals surface area contributed by atoms with Gasteiger partial charge in [-0.05, 0) is 0 Å². The van der Waals surface area contributed by atoms with Gasteiger partial charge in [0.15, 0.2) is 0 Å². The Bertz CT molecular complexity index is 78.2. The molecule has 0 aliphatic rings. The van der Waals surface area contributed by atoms with Crippen LogP contribution < -0.4 is 22.9 Å². The minimum Gasteiger partial charge on any atom is -0.330 e. The molecule has 8 N–H and O–H groups in total. The summed E-state index contributed by atoms with van der Waals surface area (Å²) in [6, 6.07) is 0. The second kappa shape index (κ2) is 19.8. The Balaban J connectivity index is 0. The first kappa shape index (κ1) is 17.6. The summed E-state index contributed by atoms with van der Waals surface area (Å²) in [4.78, 5) is 0. The van der Waals surface area contributed by atoms with Gasteiger partial charge in [0, 0.05) is 36.3 Å². The van der Waals surface area contributed by atoms with Crippen molar-refractivity contribution in [3.63, 3.8) is 0 Å². The van der Waals surface area contributed by atoms with Gasteiger partial charge < -0.3 is 22.9 Å². The van der Waals surface area contributed by atoms with E-state index < -0.39 is 0 Å². The summed E-state index contributed by atoms with van der Waals surface area (Å²) in [6.45, 7) is 1.53. The Morgan fingerprint density at radius 3 is 1.14 bits per heavy atom. The molecule has 0 aromatic rings. The van der Waals surface area contributed by atoms with E-state index >= 15 is 0 Å². The van der Waals surface area contributed by atoms with Crippen LogP contribution >= 0.6 is 43.2 Å². The van der Waals surface area contributed by atoms with Crippen molar-refractivity contribution in [2.75, 3.05) is 36.3 Å². The zero-order valence-electron chi connectivity index (χ0n) is 8.19. The molecular weight excluding hydrogens is 256 g/mol. The molecule has 0 aliphatic carbocycles. The molecule has 0 saturated carbocycles. The zero-order valence-corrected chi connectivity index (χ0v) is 11.5.